The highest BCUT2D eigenvalue weighted by Crippen LogP contribution is 2.09. The topological polar surface area (TPSA) is 48.1 Å². The van der Waals surface area contributed by atoms with Gasteiger partial charge in [-0.2, -0.15) is 0 Å². The number of aromatic nitrogens is 1. The largest absolute Gasteiger partial charge is 0.475 e. The average Bonchev–Trinajstić information content (AvgIpc) is 2.15. The van der Waals surface area contributed by atoms with Crippen molar-refractivity contribution in [2.45, 2.75) is 19.6 Å². The minimum absolute atomic E-state index is 0.0288. The second kappa shape index (κ2) is 4.77. The van der Waals surface area contributed by atoms with Crippen molar-refractivity contribution in [2.24, 2.45) is 5.73 Å². The lowest BCUT2D eigenvalue weighted by atomic mass is 10.3. The molecule has 2 N–H and O–H groups in total. The molecule has 0 saturated carbocycles. The summed E-state index contributed by atoms with van der Waals surface area (Å²) in [4.78, 5) is 3.91. The van der Waals surface area contributed by atoms with Crippen LogP contribution in [0.25, 0.3) is 0 Å². The van der Waals surface area contributed by atoms with E-state index >= 15 is 0 Å². The van der Waals surface area contributed by atoms with E-state index in [1.54, 1.807) is 18.3 Å². The Labute approximate surface area is 76.7 Å². The summed E-state index contributed by atoms with van der Waals surface area (Å²) >= 11 is 0. The van der Waals surface area contributed by atoms with Gasteiger partial charge in [-0.15, -0.1) is 0 Å². The van der Waals surface area contributed by atoms with Crippen molar-refractivity contribution in [3.05, 3.63) is 23.9 Å². The molecule has 72 valence electrons. The van der Waals surface area contributed by atoms with Gasteiger partial charge in [-0.25, -0.2) is 9.37 Å². The lowest BCUT2D eigenvalue weighted by Gasteiger charge is -2.06. The zero-order valence-electron chi connectivity index (χ0n) is 7.53. The molecule has 1 heterocycles. The number of rotatable bonds is 4. The molecule has 1 aromatic rings. The van der Waals surface area contributed by atoms with Crippen LogP contribution in [0.1, 0.15) is 12.5 Å². The Bertz CT molecular complexity index is 266. The van der Waals surface area contributed by atoms with E-state index in [1.165, 1.54) is 6.92 Å². The lowest BCUT2D eigenvalue weighted by Crippen LogP contribution is -2.09. The fourth-order valence-corrected chi connectivity index (χ4v) is 0.857. The van der Waals surface area contributed by atoms with E-state index in [0.29, 0.717) is 12.4 Å². The molecule has 0 aliphatic rings. The number of alkyl halides is 1. The Hall–Kier alpha value is -1.16. The normalized spacial score (nSPS) is 12.5. The Balaban J connectivity index is 2.56. The van der Waals surface area contributed by atoms with Crippen LogP contribution in [-0.4, -0.2) is 17.8 Å². The van der Waals surface area contributed by atoms with Crippen LogP contribution in [-0.2, 0) is 6.54 Å². The first-order valence-electron chi connectivity index (χ1n) is 4.14. The predicted molar refractivity (Wildman–Crippen MR) is 48.2 cm³/mol. The van der Waals surface area contributed by atoms with E-state index in [-0.39, 0.29) is 6.61 Å². The maximum atomic E-state index is 12.4. The van der Waals surface area contributed by atoms with Gasteiger partial charge in [0.15, 0.2) is 0 Å². The first-order valence-corrected chi connectivity index (χ1v) is 4.14. The molecule has 0 amide bonds. The summed E-state index contributed by atoms with van der Waals surface area (Å²) in [6, 6.07) is 3.51. The Morgan fingerprint density at radius 3 is 3.08 bits per heavy atom. The Morgan fingerprint density at radius 2 is 2.46 bits per heavy atom. The summed E-state index contributed by atoms with van der Waals surface area (Å²) in [5, 5.41) is 0. The van der Waals surface area contributed by atoms with Gasteiger partial charge in [0.25, 0.3) is 0 Å². The van der Waals surface area contributed by atoms with Gasteiger partial charge in [-0.3, -0.25) is 0 Å². The number of ether oxygens (including phenoxy) is 1. The number of hydrogen-bond acceptors (Lipinski definition) is 3. The third-order valence-corrected chi connectivity index (χ3v) is 1.50. The van der Waals surface area contributed by atoms with Gasteiger partial charge in [-0.1, -0.05) is 0 Å². The molecule has 1 unspecified atom stereocenters. The summed E-state index contributed by atoms with van der Waals surface area (Å²) in [5.41, 5.74) is 6.34. The van der Waals surface area contributed by atoms with Crippen LogP contribution in [0.4, 0.5) is 4.39 Å². The molecule has 4 heteroatoms. The molecule has 0 aliphatic heterocycles. The molecular formula is C9H13FN2O. The molecule has 0 saturated heterocycles. The van der Waals surface area contributed by atoms with Crippen LogP contribution in [0, 0.1) is 0 Å². The van der Waals surface area contributed by atoms with Gasteiger partial charge in [0.1, 0.15) is 12.8 Å². The first-order chi connectivity index (χ1) is 6.22. The van der Waals surface area contributed by atoms with Gasteiger partial charge >= 0.3 is 0 Å². The SMILES string of the molecule is CC(F)COc1cc(CN)ccn1. The highest BCUT2D eigenvalue weighted by molar-refractivity contribution is 5.20. The van der Waals surface area contributed by atoms with Gasteiger partial charge < -0.3 is 10.5 Å². The summed E-state index contributed by atoms with van der Waals surface area (Å²) in [6.07, 6.45) is 0.615. The zero-order valence-corrected chi connectivity index (χ0v) is 7.53. The molecule has 13 heavy (non-hydrogen) atoms. The van der Waals surface area contributed by atoms with Gasteiger partial charge in [-0.05, 0) is 18.6 Å². The molecule has 0 aliphatic carbocycles. The minimum atomic E-state index is -0.983. The molecule has 1 aromatic heterocycles. The standard InChI is InChI=1S/C9H13FN2O/c1-7(10)6-13-9-4-8(5-11)2-3-12-9/h2-4,7H,5-6,11H2,1H3. The first kappa shape index (κ1) is 9.92. The summed E-state index contributed by atoms with van der Waals surface area (Å²) in [5.74, 6) is 0.424. The molecule has 1 rings (SSSR count). The highest BCUT2D eigenvalue weighted by atomic mass is 19.1. The van der Waals surface area contributed by atoms with Crippen LogP contribution in [0.3, 0.4) is 0 Å². The highest BCUT2D eigenvalue weighted by Gasteiger charge is 2.01. The van der Waals surface area contributed by atoms with E-state index in [4.69, 9.17) is 10.5 Å². The number of halogens is 1. The quantitative estimate of drug-likeness (QED) is 0.766. The van der Waals surface area contributed by atoms with Crippen molar-refractivity contribution < 1.29 is 9.13 Å². The third-order valence-electron chi connectivity index (χ3n) is 1.50. The second-order valence-electron chi connectivity index (χ2n) is 2.80. The molecule has 0 spiro atoms. The zero-order chi connectivity index (χ0) is 9.68. The van der Waals surface area contributed by atoms with E-state index in [9.17, 15) is 4.39 Å². The van der Waals surface area contributed by atoms with Crippen molar-refractivity contribution in [1.82, 2.24) is 4.98 Å². The fourth-order valence-electron chi connectivity index (χ4n) is 0.857. The maximum absolute atomic E-state index is 12.4. The molecule has 0 fully saturated rings. The average molecular weight is 184 g/mol. The van der Waals surface area contributed by atoms with Gasteiger partial charge in [0.05, 0.1) is 0 Å². The van der Waals surface area contributed by atoms with Crippen molar-refractivity contribution in [3.8, 4) is 5.88 Å². The van der Waals surface area contributed by atoms with Gasteiger partial charge in [0.2, 0.25) is 5.88 Å². The van der Waals surface area contributed by atoms with Crippen LogP contribution in [0.5, 0.6) is 5.88 Å². The maximum Gasteiger partial charge on any atom is 0.213 e. The van der Waals surface area contributed by atoms with Crippen molar-refractivity contribution in [2.75, 3.05) is 6.61 Å². The molecule has 3 nitrogen and oxygen atoms in total. The van der Waals surface area contributed by atoms with Crippen LogP contribution in [0.15, 0.2) is 18.3 Å². The van der Waals surface area contributed by atoms with Crippen LogP contribution >= 0.6 is 0 Å². The molecule has 0 radical (unpaired) electrons. The van der Waals surface area contributed by atoms with Crippen molar-refractivity contribution in [3.63, 3.8) is 0 Å². The van der Waals surface area contributed by atoms with Crippen LogP contribution < -0.4 is 10.5 Å². The molecule has 0 aromatic carbocycles. The summed E-state index contributed by atoms with van der Waals surface area (Å²) < 4.78 is 17.5. The second-order valence-corrected chi connectivity index (χ2v) is 2.80. The number of nitrogens with zero attached hydrogens (tertiary/aromatic N) is 1. The molecule has 0 bridgehead atoms. The van der Waals surface area contributed by atoms with E-state index < -0.39 is 6.17 Å². The van der Waals surface area contributed by atoms with E-state index in [0.717, 1.165) is 5.56 Å². The fraction of sp³-hybridized carbons (Fsp3) is 0.444. The summed E-state index contributed by atoms with van der Waals surface area (Å²) in [7, 11) is 0. The number of hydrogen-bond donors (Lipinski definition) is 1. The van der Waals surface area contributed by atoms with E-state index in [2.05, 4.69) is 4.98 Å². The summed E-state index contributed by atoms with van der Waals surface area (Å²) in [6.45, 7) is 1.90. The number of pyridine rings is 1. The van der Waals surface area contributed by atoms with E-state index in [1.807, 2.05) is 0 Å². The smallest absolute Gasteiger partial charge is 0.213 e. The molecule has 1 atom stereocenters. The Kier molecular flexibility index (Phi) is 3.64. The van der Waals surface area contributed by atoms with Gasteiger partial charge in [0, 0.05) is 18.8 Å². The monoisotopic (exact) mass is 184 g/mol. The van der Waals surface area contributed by atoms with Crippen molar-refractivity contribution >= 4 is 0 Å². The predicted octanol–water partition coefficient (Wildman–Crippen LogP) is 1.28. The lowest BCUT2D eigenvalue weighted by molar-refractivity contribution is 0.204. The molecular weight excluding hydrogens is 171 g/mol. The van der Waals surface area contributed by atoms with Crippen LogP contribution in [0.2, 0.25) is 0 Å². The Morgan fingerprint density at radius 1 is 1.69 bits per heavy atom. The van der Waals surface area contributed by atoms with Crippen molar-refractivity contribution in [1.29, 1.82) is 0 Å². The number of nitrogens with two attached hydrogens (primary N) is 1. The third kappa shape index (κ3) is 3.38. The minimum Gasteiger partial charge on any atom is -0.475 e.